The molecular weight excluding hydrogens is 265 g/mol. The highest BCUT2D eigenvalue weighted by molar-refractivity contribution is 5.77. The molecule has 8 heteroatoms. The standard InChI is InChI=1S/C11H13F3N2O3/c1-19-6-4-8(10(17)18)16-9-7(11(12,13)14)3-2-5-15-9/h2-3,5,8H,4,6H2,1H3,(H,15,16)(H,17,18). The smallest absolute Gasteiger partial charge is 0.419 e. The Hall–Kier alpha value is -1.83. The lowest BCUT2D eigenvalue weighted by atomic mass is 10.2. The zero-order valence-electron chi connectivity index (χ0n) is 10.1. The molecule has 0 aliphatic heterocycles. The first kappa shape index (κ1) is 15.2. The van der Waals surface area contributed by atoms with Crippen molar-refractivity contribution in [3.8, 4) is 0 Å². The molecule has 0 fully saturated rings. The molecule has 0 bridgehead atoms. The molecule has 5 nitrogen and oxygen atoms in total. The first-order chi connectivity index (χ1) is 8.86. The van der Waals surface area contributed by atoms with Gasteiger partial charge in [0.05, 0.1) is 5.56 Å². The first-order valence-electron chi connectivity index (χ1n) is 5.36. The van der Waals surface area contributed by atoms with Gasteiger partial charge >= 0.3 is 12.1 Å². The topological polar surface area (TPSA) is 71.5 Å². The van der Waals surface area contributed by atoms with Crippen molar-refractivity contribution in [2.75, 3.05) is 19.0 Å². The number of ether oxygens (including phenoxy) is 1. The number of methoxy groups -OCH3 is 1. The first-order valence-corrected chi connectivity index (χ1v) is 5.36. The predicted octanol–water partition coefficient (Wildman–Crippen LogP) is 2.00. The summed E-state index contributed by atoms with van der Waals surface area (Å²) in [4.78, 5) is 14.5. The Balaban J connectivity index is 2.93. The lowest BCUT2D eigenvalue weighted by molar-refractivity contribution is -0.139. The van der Waals surface area contributed by atoms with E-state index in [1.165, 1.54) is 7.11 Å². The Bertz CT molecular complexity index is 437. The van der Waals surface area contributed by atoms with Gasteiger partial charge in [-0.15, -0.1) is 0 Å². The second-order valence-electron chi connectivity index (χ2n) is 3.71. The van der Waals surface area contributed by atoms with Crippen LogP contribution in [0, 0.1) is 0 Å². The fourth-order valence-electron chi connectivity index (χ4n) is 1.41. The number of carboxylic acid groups (broad SMARTS) is 1. The van der Waals surface area contributed by atoms with Crippen molar-refractivity contribution in [3.05, 3.63) is 23.9 Å². The van der Waals surface area contributed by atoms with Gasteiger partial charge in [0.25, 0.3) is 0 Å². The van der Waals surface area contributed by atoms with Gasteiger partial charge in [0.1, 0.15) is 11.9 Å². The van der Waals surface area contributed by atoms with Crippen LogP contribution in [0.15, 0.2) is 18.3 Å². The maximum absolute atomic E-state index is 12.7. The Kier molecular flexibility index (Phi) is 5.11. The lowest BCUT2D eigenvalue weighted by Crippen LogP contribution is -2.32. The predicted molar refractivity (Wildman–Crippen MR) is 60.8 cm³/mol. The summed E-state index contributed by atoms with van der Waals surface area (Å²) in [6.07, 6.45) is -3.41. The van der Waals surface area contributed by atoms with Crippen LogP contribution in [-0.2, 0) is 15.7 Å². The number of aromatic nitrogens is 1. The number of halogens is 3. The van der Waals surface area contributed by atoms with Crippen LogP contribution in [0.2, 0.25) is 0 Å². The normalized spacial score (nSPS) is 13.1. The van der Waals surface area contributed by atoms with Gasteiger partial charge in [-0.2, -0.15) is 13.2 Å². The van der Waals surface area contributed by atoms with Gasteiger partial charge in [0, 0.05) is 26.3 Å². The van der Waals surface area contributed by atoms with E-state index in [1.807, 2.05) is 0 Å². The maximum Gasteiger partial charge on any atom is 0.419 e. The van der Waals surface area contributed by atoms with E-state index in [0.29, 0.717) is 0 Å². The number of nitrogens with one attached hydrogen (secondary N) is 1. The summed E-state index contributed by atoms with van der Waals surface area (Å²) in [5, 5.41) is 11.2. The van der Waals surface area contributed by atoms with E-state index in [0.717, 1.165) is 18.3 Å². The molecule has 1 aromatic heterocycles. The van der Waals surface area contributed by atoms with Gasteiger partial charge < -0.3 is 15.2 Å². The number of carbonyl (C=O) groups is 1. The highest BCUT2D eigenvalue weighted by Gasteiger charge is 2.35. The van der Waals surface area contributed by atoms with Crippen LogP contribution in [0.1, 0.15) is 12.0 Å². The van der Waals surface area contributed by atoms with Crippen molar-refractivity contribution in [2.24, 2.45) is 0 Å². The third kappa shape index (κ3) is 4.40. The van der Waals surface area contributed by atoms with Gasteiger partial charge in [0.2, 0.25) is 0 Å². The number of aliphatic carboxylic acids is 1. The van der Waals surface area contributed by atoms with Crippen molar-refractivity contribution in [2.45, 2.75) is 18.6 Å². The van der Waals surface area contributed by atoms with E-state index in [9.17, 15) is 18.0 Å². The van der Waals surface area contributed by atoms with Gasteiger partial charge in [-0.05, 0) is 12.1 Å². The number of alkyl halides is 3. The minimum atomic E-state index is -4.60. The van der Waals surface area contributed by atoms with Crippen molar-refractivity contribution in [1.29, 1.82) is 0 Å². The number of nitrogens with zero attached hydrogens (tertiary/aromatic N) is 1. The Morgan fingerprint density at radius 3 is 2.79 bits per heavy atom. The largest absolute Gasteiger partial charge is 0.480 e. The summed E-state index contributed by atoms with van der Waals surface area (Å²) in [5.74, 6) is -1.77. The van der Waals surface area contributed by atoms with E-state index < -0.39 is 29.6 Å². The molecule has 0 radical (unpaired) electrons. The zero-order valence-corrected chi connectivity index (χ0v) is 10.1. The Morgan fingerprint density at radius 2 is 2.26 bits per heavy atom. The number of hydrogen-bond donors (Lipinski definition) is 2. The summed E-state index contributed by atoms with van der Waals surface area (Å²) in [5.41, 5.74) is -1.00. The van der Waals surface area contributed by atoms with Crippen LogP contribution < -0.4 is 5.32 Å². The summed E-state index contributed by atoms with van der Waals surface area (Å²) in [6.45, 7) is 0.109. The Labute approximate surface area is 107 Å². The van der Waals surface area contributed by atoms with Crippen LogP contribution in [0.25, 0.3) is 0 Å². The third-order valence-electron chi connectivity index (χ3n) is 2.33. The maximum atomic E-state index is 12.7. The Morgan fingerprint density at radius 1 is 1.58 bits per heavy atom. The molecule has 1 rings (SSSR count). The molecule has 0 saturated heterocycles. The van der Waals surface area contributed by atoms with Crippen LogP contribution in [-0.4, -0.2) is 35.8 Å². The molecule has 0 aromatic carbocycles. The number of carboxylic acids is 1. The number of hydrogen-bond acceptors (Lipinski definition) is 4. The number of pyridine rings is 1. The van der Waals surface area contributed by atoms with Gasteiger partial charge in [-0.1, -0.05) is 0 Å². The summed E-state index contributed by atoms with van der Waals surface area (Å²) in [7, 11) is 1.38. The second-order valence-corrected chi connectivity index (χ2v) is 3.71. The van der Waals surface area contributed by atoms with Crippen molar-refractivity contribution < 1.29 is 27.8 Å². The molecule has 106 valence electrons. The molecule has 2 N–H and O–H groups in total. The van der Waals surface area contributed by atoms with Crippen LogP contribution >= 0.6 is 0 Å². The molecule has 1 heterocycles. The SMILES string of the molecule is COCCC(Nc1ncccc1C(F)(F)F)C(=O)O. The zero-order chi connectivity index (χ0) is 14.5. The van der Waals surface area contributed by atoms with Gasteiger partial charge in [-0.3, -0.25) is 0 Å². The molecule has 0 amide bonds. The van der Waals surface area contributed by atoms with Crippen LogP contribution in [0.3, 0.4) is 0 Å². The second kappa shape index (κ2) is 6.37. The minimum Gasteiger partial charge on any atom is -0.480 e. The fourth-order valence-corrected chi connectivity index (χ4v) is 1.41. The van der Waals surface area contributed by atoms with Crippen molar-refractivity contribution in [1.82, 2.24) is 4.98 Å². The number of anilines is 1. The molecule has 0 spiro atoms. The molecule has 0 aliphatic carbocycles. The monoisotopic (exact) mass is 278 g/mol. The summed E-state index contributed by atoms with van der Waals surface area (Å²) >= 11 is 0. The van der Waals surface area contributed by atoms with Crippen LogP contribution in [0.5, 0.6) is 0 Å². The molecule has 0 aliphatic rings. The fraction of sp³-hybridized carbons (Fsp3) is 0.455. The summed E-state index contributed by atoms with van der Waals surface area (Å²) in [6, 6.07) is 0.777. The third-order valence-corrected chi connectivity index (χ3v) is 2.33. The average Bonchev–Trinajstić information content (AvgIpc) is 2.33. The quantitative estimate of drug-likeness (QED) is 0.832. The lowest BCUT2D eigenvalue weighted by Gasteiger charge is -2.18. The van der Waals surface area contributed by atoms with E-state index in [-0.39, 0.29) is 13.0 Å². The molecule has 0 saturated carbocycles. The highest BCUT2D eigenvalue weighted by atomic mass is 19.4. The van der Waals surface area contributed by atoms with Crippen molar-refractivity contribution in [3.63, 3.8) is 0 Å². The minimum absolute atomic E-state index is 0.0275. The van der Waals surface area contributed by atoms with Gasteiger partial charge in [-0.25, -0.2) is 9.78 Å². The average molecular weight is 278 g/mol. The molecule has 19 heavy (non-hydrogen) atoms. The van der Waals surface area contributed by atoms with Crippen LogP contribution in [0.4, 0.5) is 19.0 Å². The summed E-state index contributed by atoms with van der Waals surface area (Å²) < 4.78 is 42.8. The number of rotatable bonds is 6. The van der Waals surface area contributed by atoms with Gasteiger partial charge in [0.15, 0.2) is 0 Å². The van der Waals surface area contributed by atoms with E-state index in [2.05, 4.69) is 10.3 Å². The van der Waals surface area contributed by atoms with E-state index in [1.54, 1.807) is 0 Å². The van der Waals surface area contributed by atoms with E-state index in [4.69, 9.17) is 9.84 Å². The highest BCUT2D eigenvalue weighted by Crippen LogP contribution is 2.33. The molecular formula is C11H13F3N2O3. The molecule has 1 unspecified atom stereocenters. The van der Waals surface area contributed by atoms with Crippen molar-refractivity contribution >= 4 is 11.8 Å². The molecule has 1 atom stereocenters. The van der Waals surface area contributed by atoms with E-state index >= 15 is 0 Å². The molecule has 1 aromatic rings.